The lowest BCUT2D eigenvalue weighted by molar-refractivity contribution is 0.339. The van der Waals surface area contributed by atoms with Crippen molar-refractivity contribution in [1.29, 1.82) is 0 Å². The summed E-state index contributed by atoms with van der Waals surface area (Å²) in [6.07, 6.45) is 3.39. The molecular formula is C14H16FNO2. The van der Waals surface area contributed by atoms with E-state index < -0.39 is 0 Å². The van der Waals surface area contributed by atoms with Crippen LogP contribution in [0.25, 0.3) is 11.0 Å². The first kappa shape index (κ1) is 11.5. The molecule has 0 amide bonds. The molecule has 1 aliphatic rings. The highest BCUT2D eigenvalue weighted by Gasteiger charge is 2.23. The van der Waals surface area contributed by atoms with E-state index in [1.807, 2.05) is 0 Å². The minimum absolute atomic E-state index is 0.317. The van der Waals surface area contributed by atoms with Gasteiger partial charge in [-0.15, -0.1) is 0 Å². The molecule has 4 heteroatoms. The van der Waals surface area contributed by atoms with Crippen LogP contribution in [0.15, 0.2) is 16.7 Å². The van der Waals surface area contributed by atoms with Gasteiger partial charge >= 0.3 is 0 Å². The van der Waals surface area contributed by atoms with Gasteiger partial charge in [-0.05, 0) is 25.1 Å². The summed E-state index contributed by atoms with van der Waals surface area (Å²) < 4.78 is 24.6. The highest BCUT2D eigenvalue weighted by Crippen LogP contribution is 2.37. The van der Waals surface area contributed by atoms with E-state index in [4.69, 9.17) is 9.15 Å². The number of ether oxygens (including phenoxy) is 1. The minimum atomic E-state index is -0.317. The summed E-state index contributed by atoms with van der Waals surface area (Å²) in [7, 11) is 0. The van der Waals surface area contributed by atoms with E-state index >= 15 is 0 Å². The van der Waals surface area contributed by atoms with Gasteiger partial charge in [0.05, 0.1) is 12.9 Å². The van der Waals surface area contributed by atoms with Crippen molar-refractivity contribution in [3.8, 4) is 5.75 Å². The van der Waals surface area contributed by atoms with Crippen LogP contribution in [0, 0.1) is 5.82 Å². The van der Waals surface area contributed by atoms with Crippen LogP contribution in [0.2, 0.25) is 0 Å². The molecule has 0 radical (unpaired) electrons. The molecule has 18 heavy (non-hydrogen) atoms. The standard InChI is InChI=1S/C14H16FNO2/c1-2-16-5-3-9-8-18-12-7-11(15)14-10(13(9)12)4-6-17-14/h7-8,16H,2-6H2,1H3. The number of furan rings is 1. The monoisotopic (exact) mass is 249 g/mol. The molecular weight excluding hydrogens is 233 g/mol. The molecule has 2 heterocycles. The third kappa shape index (κ3) is 1.77. The third-order valence-electron chi connectivity index (χ3n) is 3.37. The Bertz CT molecular complexity index is 577. The molecule has 96 valence electrons. The first-order valence-corrected chi connectivity index (χ1v) is 6.36. The molecule has 0 saturated heterocycles. The third-order valence-corrected chi connectivity index (χ3v) is 3.37. The minimum Gasteiger partial charge on any atom is -0.490 e. The maximum Gasteiger partial charge on any atom is 0.169 e. The van der Waals surface area contributed by atoms with Crippen LogP contribution >= 0.6 is 0 Å². The van der Waals surface area contributed by atoms with E-state index in [0.717, 1.165) is 42.4 Å². The van der Waals surface area contributed by atoms with Crippen molar-refractivity contribution in [3.05, 3.63) is 29.3 Å². The lowest BCUT2D eigenvalue weighted by Gasteiger charge is -2.04. The summed E-state index contributed by atoms with van der Waals surface area (Å²) in [5.41, 5.74) is 2.72. The van der Waals surface area contributed by atoms with E-state index in [9.17, 15) is 4.39 Å². The van der Waals surface area contributed by atoms with Crippen LogP contribution in [0.3, 0.4) is 0 Å². The van der Waals surface area contributed by atoms with E-state index in [0.29, 0.717) is 17.9 Å². The summed E-state index contributed by atoms with van der Waals surface area (Å²) in [5.74, 6) is 0.0937. The Morgan fingerprint density at radius 2 is 2.33 bits per heavy atom. The number of hydrogen-bond donors (Lipinski definition) is 1. The molecule has 1 aliphatic heterocycles. The van der Waals surface area contributed by atoms with Crippen LogP contribution in [0.1, 0.15) is 18.1 Å². The van der Waals surface area contributed by atoms with Crippen LogP contribution < -0.4 is 10.1 Å². The average molecular weight is 249 g/mol. The van der Waals surface area contributed by atoms with Gasteiger partial charge in [-0.25, -0.2) is 4.39 Å². The second-order valence-corrected chi connectivity index (χ2v) is 4.50. The molecule has 0 fully saturated rings. The molecule has 2 aromatic rings. The summed E-state index contributed by atoms with van der Waals surface area (Å²) in [5, 5.41) is 4.33. The second-order valence-electron chi connectivity index (χ2n) is 4.50. The molecule has 0 atom stereocenters. The van der Waals surface area contributed by atoms with Crippen molar-refractivity contribution in [3.63, 3.8) is 0 Å². The van der Waals surface area contributed by atoms with Crippen molar-refractivity contribution < 1.29 is 13.5 Å². The molecule has 0 aliphatic carbocycles. The van der Waals surface area contributed by atoms with Crippen molar-refractivity contribution in [1.82, 2.24) is 5.32 Å². The van der Waals surface area contributed by atoms with Crippen molar-refractivity contribution in [2.24, 2.45) is 0 Å². The van der Waals surface area contributed by atoms with Crippen molar-refractivity contribution in [2.45, 2.75) is 19.8 Å². The number of rotatable bonds is 4. The number of benzene rings is 1. The quantitative estimate of drug-likeness (QED) is 0.846. The fraction of sp³-hybridized carbons (Fsp3) is 0.429. The molecule has 3 rings (SSSR count). The summed E-state index contributed by atoms with van der Waals surface area (Å²) in [6, 6.07) is 1.43. The fourth-order valence-corrected chi connectivity index (χ4v) is 2.53. The first-order valence-electron chi connectivity index (χ1n) is 6.36. The Labute approximate surface area is 105 Å². The zero-order valence-corrected chi connectivity index (χ0v) is 10.4. The average Bonchev–Trinajstić information content (AvgIpc) is 2.96. The zero-order chi connectivity index (χ0) is 12.5. The molecule has 1 N–H and O–H groups in total. The summed E-state index contributed by atoms with van der Waals surface area (Å²) in [4.78, 5) is 0. The van der Waals surface area contributed by atoms with Gasteiger partial charge in [-0.3, -0.25) is 0 Å². The van der Waals surface area contributed by atoms with Crippen molar-refractivity contribution in [2.75, 3.05) is 19.7 Å². The maximum atomic E-state index is 13.7. The van der Waals surface area contributed by atoms with E-state index in [2.05, 4.69) is 12.2 Å². The Morgan fingerprint density at radius 1 is 1.44 bits per heavy atom. The Hall–Kier alpha value is -1.55. The second kappa shape index (κ2) is 4.61. The number of halogens is 1. The normalized spacial score (nSPS) is 13.9. The van der Waals surface area contributed by atoms with E-state index in [-0.39, 0.29) is 5.82 Å². The van der Waals surface area contributed by atoms with Gasteiger partial charge in [0.2, 0.25) is 0 Å². The Balaban J connectivity index is 2.04. The van der Waals surface area contributed by atoms with Crippen LogP contribution in [0.4, 0.5) is 4.39 Å². The van der Waals surface area contributed by atoms with Gasteiger partial charge in [-0.1, -0.05) is 6.92 Å². The smallest absolute Gasteiger partial charge is 0.169 e. The SMILES string of the molecule is CCNCCc1coc2cc(F)c3c(c12)CCO3. The van der Waals surface area contributed by atoms with Crippen molar-refractivity contribution >= 4 is 11.0 Å². The van der Waals surface area contributed by atoms with Gasteiger partial charge in [0.1, 0.15) is 5.58 Å². The summed E-state index contributed by atoms with van der Waals surface area (Å²) >= 11 is 0. The van der Waals surface area contributed by atoms with Gasteiger partial charge in [-0.2, -0.15) is 0 Å². The molecule has 3 nitrogen and oxygen atoms in total. The predicted octanol–water partition coefficient (Wildman–Crippen LogP) is 2.66. The van der Waals surface area contributed by atoms with Gasteiger partial charge in [0, 0.05) is 23.4 Å². The molecule has 0 unspecified atom stereocenters. The molecule has 1 aromatic carbocycles. The van der Waals surface area contributed by atoms with Crippen LogP contribution in [-0.2, 0) is 12.8 Å². The maximum absolute atomic E-state index is 13.7. The molecule has 0 bridgehead atoms. The molecule has 1 aromatic heterocycles. The highest BCUT2D eigenvalue weighted by molar-refractivity contribution is 5.87. The topological polar surface area (TPSA) is 34.4 Å². The van der Waals surface area contributed by atoms with Gasteiger partial charge in [0.15, 0.2) is 11.6 Å². The molecule has 0 spiro atoms. The summed E-state index contributed by atoms with van der Waals surface area (Å²) in [6.45, 7) is 4.49. The Morgan fingerprint density at radius 3 is 3.17 bits per heavy atom. The highest BCUT2D eigenvalue weighted by atomic mass is 19.1. The van der Waals surface area contributed by atoms with Gasteiger partial charge < -0.3 is 14.5 Å². The number of fused-ring (bicyclic) bond motifs is 3. The van der Waals surface area contributed by atoms with E-state index in [1.54, 1.807) is 6.26 Å². The van der Waals surface area contributed by atoms with Gasteiger partial charge in [0.25, 0.3) is 0 Å². The van der Waals surface area contributed by atoms with E-state index in [1.165, 1.54) is 6.07 Å². The lowest BCUT2D eigenvalue weighted by Crippen LogP contribution is -2.15. The number of hydrogen-bond acceptors (Lipinski definition) is 3. The first-order chi connectivity index (χ1) is 8.81. The number of likely N-dealkylation sites (N-methyl/N-ethyl adjacent to an activating group) is 1. The van der Waals surface area contributed by atoms with Crippen LogP contribution in [-0.4, -0.2) is 19.7 Å². The number of nitrogens with one attached hydrogen (secondary N) is 1. The largest absolute Gasteiger partial charge is 0.490 e. The molecule has 0 saturated carbocycles. The lowest BCUT2D eigenvalue weighted by atomic mass is 10.0. The Kier molecular flexibility index (Phi) is 2.96. The van der Waals surface area contributed by atoms with Crippen LogP contribution in [0.5, 0.6) is 5.75 Å². The predicted molar refractivity (Wildman–Crippen MR) is 67.6 cm³/mol. The fourth-order valence-electron chi connectivity index (χ4n) is 2.53. The zero-order valence-electron chi connectivity index (χ0n) is 10.4.